The molecule has 0 unspecified atom stereocenters. The van der Waals surface area contributed by atoms with Crippen LogP contribution < -0.4 is 4.72 Å². The lowest BCUT2D eigenvalue weighted by atomic mass is 10.9. The molecule has 2 radical (unpaired) electrons. The van der Waals surface area contributed by atoms with E-state index in [0.29, 0.717) is 0 Å². The lowest BCUT2D eigenvalue weighted by Gasteiger charge is -1.59. The largest absolute Gasteiger partial charge is 0.481 e. The number of carboxylic acid groups (broad SMARTS) is 1. The molecule has 0 rings (SSSR count). The van der Waals surface area contributed by atoms with Crippen molar-refractivity contribution >= 4 is 22.5 Å². The van der Waals surface area contributed by atoms with Crippen molar-refractivity contribution in [2.24, 2.45) is 4.72 Å². The predicted molar refractivity (Wildman–Crippen MR) is 30.5 cm³/mol. The fourth-order valence-corrected chi connectivity index (χ4v) is 0. The van der Waals surface area contributed by atoms with Gasteiger partial charge in [-0.2, -0.15) is 0 Å². The summed E-state index contributed by atoms with van der Waals surface area (Å²) in [6.07, 6.45) is 0. The SMILES string of the molecule is CC(=O)O.O.O.[NH2][Al]. The van der Waals surface area contributed by atoms with Gasteiger partial charge in [0.05, 0.1) is 0 Å². The van der Waals surface area contributed by atoms with E-state index in [4.69, 9.17) is 9.90 Å². The second kappa shape index (κ2) is 28.7. The minimum Gasteiger partial charge on any atom is -0.481 e. The van der Waals surface area contributed by atoms with Crippen molar-refractivity contribution in [1.82, 2.24) is 0 Å². The molecule has 0 aliphatic heterocycles. The Balaban J connectivity index is -0.0000000183. The smallest absolute Gasteiger partial charge is 0.300 e. The molecule has 0 amide bonds. The number of hydrogen-bond donors (Lipinski definition) is 2. The summed E-state index contributed by atoms with van der Waals surface area (Å²) < 4.78 is 4.42. The van der Waals surface area contributed by atoms with Crippen LogP contribution in [0.2, 0.25) is 0 Å². The fraction of sp³-hybridized carbons (Fsp3) is 0.500. The van der Waals surface area contributed by atoms with Gasteiger partial charge in [-0.25, -0.2) is 0 Å². The predicted octanol–water partition coefficient (Wildman–Crippen LogP) is -2.53. The van der Waals surface area contributed by atoms with Gasteiger partial charge in [0.1, 0.15) is 0 Å². The molecule has 0 aromatic rings. The highest BCUT2D eigenvalue weighted by atomic mass is 27.1. The number of carboxylic acids is 1. The van der Waals surface area contributed by atoms with Crippen LogP contribution in [-0.2, 0) is 4.79 Å². The molecule has 8 heavy (non-hydrogen) atoms. The van der Waals surface area contributed by atoms with Gasteiger partial charge in [-0.3, -0.25) is 4.79 Å². The van der Waals surface area contributed by atoms with E-state index in [1.54, 1.807) is 0 Å². The van der Waals surface area contributed by atoms with Crippen molar-refractivity contribution in [3.63, 3.8) is 0 Å². The van der Waals surface area contributed by atoms with Crippen molar-refractivity contribution in [1.29, 1.82) is 0 Å². The zero-order valence-corrected chi connectivity index (χ0v) is 5.66. The Morgan fingerprint density at radius 1 is 1.50 bits per heavy atom. The Bertz CT molecular complexity index is 37.0. The normalized spacial score (nSPS) is 3.75. The summed E-state index contributed by atoms with van der Waals surface area (Å²) >= 11 is 1.92. The highest BCUT2D eigenvalue weighted by molar-refractivity contribution is 6.02. The number of aliphatic carboxylic acids is 1. The molecular formula is C2H10AlNO4. The first-order valence-electron chi connectivity index (χ1n) is 1.26. The molecule has 0 aliphatic rings. The summed E-state index contributed by atoms with van der Waals surface area (Å²) in [7, 11) is 0. The Morgan fingerprint density at radius 2 is 1.50 bits per heavy atom. The van der Waals surface area contributed by atoms with E-state index < -0.39 is 5.97 Å². The van der Waals surface area contributed by atoms with E-state index in [9.17, 15) is 0 Å². The second-order valence-electron chi connectivity index (χ2n) is 0.519. The molecular weight excluding hydrogens is 129 g/mol. The third kappa shape index (κ3) is 10200. The van der Waals surface area contributed by atoms with Gasteiger partial charge in [-0.05, 0) is 0 Å². The Labute approximate surface area is 55.7 Å². The third-order valence-electron chi connectivity index (χ3n) is 0. The van der Waals surface area contributed by atoms with Crippen molar-refractivity contribution < 1.29 is 20.9 Å². The summed E-state index contributed by atoms with van der Waals surface area (Å²) in [6, 6.07) is 0. The lowest BCUT2D eigenvalue weighted by molar-refractivity contribution is -0.134. The summed E-state index contributed by atoms with van der Waals surface area (Å²) in [5, 5.41) is 7.42. The Kier molecular flexibility index (Phi) is 88.8. The average molecular weight is 139 g/mol. The molecule has 0 aromatic heterocycles. The van der Waals surface area contributed by atoms with E-state index in [1.807, 2.05) is 16.5 Å². The first-order valence-corrected chi connectivity index (χ1v) is 1.93. The molecule has 0 fully saturated rings. The molecule has 6 heteroatoms. The van der Waals surface area contributed by atoms with E-state index >= 15 is 0 Å². The fourth-order valence-electron chi connectivity index (χ4n) is 0. The van der Waals surface area contributed by atoms with Crippen LogP contribution in [0.15, 0.2) is 0 Å². The molecule has 0 atom stereocenters. The molecule has 0 aliphatic carbocycles. The molecule has 0 heterocycles. The van der Waals surface area contributed by atoms with E-state index in [1.165, 1.54) is 0 Å². The quantitative estimate of drug-likeness (QED) is 0.359. The van der Waals surface area contributed by atoms with Gasteiger partial charge in [0.2, 0.25) is 16.5 Å². The first-order chi connectivity index (χ1) is 2.73. The molecule has 0 aromatic carbocycles. The second-order valence-corrected chi connectivity index (χ2v) is 0.519. The molecule has 7 N–H and O–H groups in total. The number of nitrogens with two attached hydrogens (primary N) is 1. The maximum Gasteiger partial charge on any atom is 0.300 e. The van der Waals surface area contributed by atoms with Gasteiger partial charge in [0.15, 0.2) is 0 Å². The zero-order chi connectivity index (χ0) is 5.58. The summed E-state index contributed by atoms with van der Waals surface area (Å²) in [5.74, 6) is -0.833. The summed E-state index contributed by atoms with van der Waals surface area (Å²) in [5.41, 5.74) is 0. The standard InChI is InChI=1S/C2H4O2.Al.H2N.2H2O/c1-2(3)4;;;;/h1H3,(H,3,4);;3*1H2/q;+1;-1;;. The zero-order valence-electron chi connectivity index (χ0n) is 4.51. The van der Waals surface area contributed by atoms with Crippen molar-refractivity contribution in [3.8, 4) is 0 Å². The van der Waals surface area contributed by atoms with Crippen molar-refractivity contribution in [2.75, 3.05) is 0 Å². The molecule has 0 saturated carbocycles. The van der Waals surface area contributed by atoms with Gasteiger partial charge in [-0.1, -0.05) is 0 Å². The molecule has 0 saturated heterocycles. The molecule has 5 nitrogen and oxygen atoms in total. The van der Waals surface area contributed by atoms with Crippen LogP contribution in [0.25, 0.3) is 0 Å². The van der Waals surface area contributed by atoms with Gasteiger partial charge in [0.25, 0.3) is 5.97 Å². The Morgan fingerprint density at radius 3 is 1.50 bits per heavy atom. The minimum absolute atomic E-state index is 0. The lowest BCUT2D eigenvalue weighted by Crippen LogP contribution is -1.78. The van der Waals surface area contributed by atoms with Crippen molar-refractivity contribution in [2.45, 2.75) is 6.92 Å². The van der Waals surface area contributed by atoms with E-state index in [-0.39, 0.29) is 11.0 Å². The average Bonchev–Trinajstić information content (AvgIpc) is 1.41. The van der Waals surface area contributed by atoms with Gasteiger partial charge in [-0.15, -0.1) is 0 Å². The van der Waals surface area contributed by atoms with Crippen LogP contribution in [0.3, 0.4) is 0 Å². The molecule has 50 valence electrons. The summed E-state index contributed by atoms with van der Waals surface area (Å²) in [4.78, 5) is 9.00. The highest BCUT2D eigenvalue weighted by Crippen LogP contribution is 1.42. The molecule has 0 spiro atoms. The van der Waals surface area contributed by atoms with Gasteiger partial charge >= 0.3 is 0 Å². The summed E-state index contributed by atoms with van der Waals surface area (Å²) in [6.45, 7) is 1.08. The van der Waals surface area contributed by atoms with E-state index in [2.05, 4.69) is 4.72 Å². The van der Waals surface area contributed by atoms with Gasteiger partial charge in [0, 0.05) is 6.92 Å². The van der Waals surface area contributed by atoms with E-state index in [0.717, 1.165) is 6.92 Å². The van der Waals surface area contributed by atoms with Crippen LogP contribution in [0.5, 0.6) is 0 Å². The van der Waals surface area contributed by atoms with Gasteiger partial charge < -0.3 is 20.8 Å². The minimum atomic E-state index is -0.833. The number of rotatable bonds is 0. The maximum absolute atomic E-state index is 9.00. The van der Waals surface area contributed by atoms with Crippen LogP contribution in [0, 0.1) is 0 Å². The topological polar surface area (TPSA) is 126 Å². The molecule has 0 bridgehead atoms. The van der Waals surface area contributed by atoms with Crippen LogP contribution >= 0.6 is 0 Å². The van der Waals surface area contributed by atoms with Crippen LogP contribution in [0.1, 0.15) is 6.92 Å². The Hall–Kier alpha value is -0.118. The first kappa shape index (κ1) is 24.8. The van der Waals surface area contributed by atoms with Crippen LogP contribution in [-0.4, -0.2) is 38.5 Å². The van der Waals surface area contributed by atoms with Crippen LogP contribution in [0.4, 0.5) is 0 Å². The van der Waals surface area contributed by atoms with Crippen molar-refractivity contribution in [3.05, 3.63) is 0 Å². The third-order valence-corrected chi connectivity index (χ3v) is 0. The number of carbonyl (C=O) groups is 1. The maximum atomic E-state index is 9.00. The highest BCUT2D eigenvalue weighted by Gasteiger charge is 1.65. The number of hydrogen-bond acceptors (Lipinski definition) is 2. The monoisotopic (exact) mass is 139 g/mol.